The molecule has 1 aliphatic carbocycles. The van der Waals surface area contributed by atoms with Gasteiger partial charge >= 0.3 is 5.97 Å². The van der Waals surface area contributed by atoms with Crippen LogP contribution < -0.4 is 0 Å². The van der Waals surface area contributed by atoms with Crippen molar-refractivity contribution in [2.45, 2.75) is 44.4 Å². The Morgan fingerprint density at radius 1 is 1.37 bits per heavy atom. The Balaban J connectivity index is 1.84. The monoisotopic (exact) mass is 259 g/mol. The van der Waals surface area contributed by atoms with E-state index in [1.165, 1.54) is 25.7 Å². The lowest BCUT2D eigenvalue weighted by molar-refractivity contribution is -0.136. The third kappa shape index (κ3) is 2.59. The largest absolute Gasteiger partial charge is 0.481 e. The highest BCUT2D eigenvalue weighted by Gasteiger charge is 2.19. The van der Waals surface area contributed by atoms with E-state index in [0.29, 0.717) is 12.3 Å². The van der Waals surface area contributed by atoms with Gasteiger partial charge in [0.25, 0.3) is 0 Å². The van der Waals surface area contributed by atoms with Gasteiger partial charge < -0.3 is 5.11 Å². The van der Waals surface area contributed by atoms with Gasteiger partial charge in [0, 0.05) is 12.3 Å². The summed E-state index contributed by atoms with van der Waals surface area (Å²) in [6.07, 6.45) is 7.43. The Bertz CT molecular complexity index is 600. The molecule has 0 aliphatic heterocycles. The molecule has 0 bridgehead atoms. The highest BCUT2D eigenvalue weighted by Crippen LogP contribution is 2.32. The Kier molecular flexibility index (Phi) is 3.19. The summed E-state index contributed by atoms with van der Waals surface area (Å²) in [6.45, 7) is 0. The number of hydrogen-bond donors (Lipinski definition) is 1. The van der Waals surface area contributed by atoms with E-state index in [2.05, 4.69) is 16.1 Å². The first-order valence-corrected chi connectivity index (χ1v) is 6.79. The minimum absolute atomic E-state index is 0.110. The normalized spacial score (nSPS) is 16.2. The van der Waals surface area contributed by atoms with Crippen molar-refractivity contribution in [1.29, 1.82) is 0 Å². The van der Waals surface area contributed by atoms with Crippen molar-refractivity contribution < 1.29 is 9.90 Å². The first-order chi connectivity index (χ1) is 9.22. The van der Waals surface area contributed by atoms with E-state index in [0.717, 1.165) is 17.0 Å². The van der Waals surface area contributed by atoms with E-state index >= 15 is 0 Å². The van der Waals surface area contributed by atoms with E-state index in [1.807, 2.05) is 12.3 Å². The molecule has 1 fully saturated rings. The van der Waals surface area contributed by atoms with Gasteiger partial charge in [0.05, 0.1) is 24.0 Å². The molecule has 3 rings (SSSR count). The third-order valence-electron chi connectivity index (χ3n) is 3.76. The fraction of sp³-hybridized carbons (Fsp3) is 0.500. The molecule has 0 saturated heterocycles. The molecule has 1 N–H and O–H groups in total. The molecular formula is C14H17N3O2. The molecule has 2 aromatic heterocycles. The maximum atomic E-state index is 10.6. The van der Waals surface area contributed by atoms with E-state index in [-0.39, 0.29) is 6.42 Å². The van der Waals surface area contributed by atoms with Gasteiger partial charge in [0.2, 0.25) is 0 Å². The van der Waals surface area contributed by atoms with E-state index in [4.69, 9.17) is 5.11 Å². The number of rotatable bonds is 4. The SMILES string of the molecule is O=C(O)CCc1cn2nc(C3CCCC3)ccc2n1. The lowest BCUT2D eigenvalue weighted by Gasteiger charge is -2.07. The van der Waals surface area contributed by atoms with Gasteiger partial charge in [0.15, 0.2) is 5.65 Å². The maximum absolute atomic E-state index is 10.6. The standard InChI is InChI=1S/C14H17N3O2/c18-14(19)8-5-11-9-17-13(15-11)7-6-12(16-17)10-3-1-2-4-10/h6-7,9-10H,1-5,8H2,(H,18,19). The molecule has 2 aromatic rings. The second-order valence-electron chi connectivity index (χ2n) is 5.17. The zero-order valence-electron chi connectivity index (χ0n) is 10.7. The summed E-state index contributed by atoms with van der Waals surface area (Å²) in [5.41, 5.74) is 2.72. The maximum Gasteiger partial charge on any atom is 0.303 e. The molecule has 100 valence electrons. The van der Waals surface area contributed by atoms with E-state index < -0.39 is 5.97 Å². The van der Waals surface area contributed by atoms with Crippen LogP contribution in [0.25, 0.3) is 5.65 Å². The van der Waals surface area contributed by atoms with E-state index in [9.17, 15) is 4.79 Å². The van der Waals surface area contributed by atoms with Gasteiger partial charge in [0.1, 0.15) is 0 Å². The van der Waals surface area contributed by atoms with Gasteiger partial charge in [-0.3, -0.25) is 4.79 Å². The molecule has 5 nitrogen and oxygen atoms in total. The second-order valence-corrected chi connectivity index (χ2v) is 5.17. The number of imidazole rings is 1. The van der Waals surface area contributed by atoms with Crippen molar-refractivity contribution in [3.63, 3.8) is 0 Å². The summed E-state index contributed by atoms with van der Waals surface area (Å²) in [6, 6.07) is 4.03. The van der Waals surface area contributed by atoms with Crippen LogP contribution in [0.15, 0.2) is 18.3 Å². The number of aromatic nitrogens is 3. The Morgan fingerprint density at radius 2 is 2.16 bits per heavy atom. The van der Waals surface area contributed by atoms with Crippen molar-refractivity contribution >= 4 is 11.6 Å². The van der Waals surface area contributed by atoms with Gasteiger partial charge in [-0.15, -0.1) is 0 Å². The van der Waals surface area contributed by atoms with E-state index in [1.54, 1.807) is 4.52 Å². The molecule has 0 unspecified atom stereocenters. The minimum Gasteiger partial charge on any atom is -0.481 e. The smallest absolute Gasteiger partial charge is 0.303 e. The molecule has 0 atom stereocenters. The molecule has 0 spiro atoms. The van der Waals surface area contributed by atoms with Crippen LogP contribution in [-0.4, -0.2) is 25.7 Å². The summed E-state index contributed by atoms with van der Waals surface area (Å²) in [7, 11) is 0. The van der Waals surface area contributed by atoms with Crippen molar-refractivity contribution in [3.8, 4) is 0 Å². The number of hydrogen-bond acceptors (Lipinski definition) is 3. The Morgan fingerprint density at radius 3 is 2.89 bits per heavy atom. The van der Waals surface area contributed by atoms with Crippen LogP contribution in [0.2, 0.25) is 0 Å². The molecular weight excluding hydrogens is 242 g/mol. The van der Waals surface area contributed by atoms with Crippen LogP contribution in [-0.2, 0) is 11.2 Å². The van der Waals surface area contributed by atoms with Crippen molar-refractivity contribution in [1.82, 2.24) is 14.6 Å². The van der Waals surface area contributed by atoms with Crippen molar-refractivity contribution in [2.75, 3.05) is 0 Å². The molecule has 1 saturated carbocycles. The fourth-order valence-electron chi connectivity index (χ4n) is 2.74. The fourth-order valence-corrected chi connectivity index (χ4v) is 2.74. The first-order valence-electron chi connectivity index (χ1n) is 6.79. The lowest BCUT2D eigenvalue weighted by atomic mass is 10.0. The van der Waals surface area contributed by atoms with Crippen molar-refractivity contribution in [2.24, 2.45) is 0 Å². The summed E-state index contributed by atoms with van der Waals surface area (Å²) in [4.78, 5) is 15.0. The Labute approximate surface area is 111 Å². The average molecular weight is 259 g/mol. The summed E-state index contributed by atoms with van der Waals surface area (Å²) in [5, 5.41) is 13.3. The molecule has 0 radical (unpaired) electrons. The number of aliphatic carboxylic acids is 1. The van der Waals surface area contributed by atoms with Crippen LogP contribution in [0.4, 0.5) is 0 Å². The molecule has 19 heavy (non-hydrogen) atoms. The van der Waals surface area contributed by atoms with Crippen LogP contribution in [0.1, 0.15) is 49.4 Å². The zero-order chi connectivity index (χ0) is 13.2. The number of fused-ring (bicyclic) bond motifs is 1. The predicted octanol–water partition coefficient (Wildman–Crippen LogP) is 2.40. The lowest BCUT2D eigenvalue weighted by Crippen LogP contribution is -2.01. The first kappa shape index (κ1) is 12.1. The predicted molar refractivity (Wildman–Crippen MR) is 70.2 cm³/mol. The van der Waals surface area contributed by atoms with Gasteiger partial charge in [-0.2, -0.15) is 5.10 Å². The topological polar surface area (TPSA) is 67.5 Å². The molecule has 1 aliphatic rings. The van der Waals surface area contributed by atoms with Gasteiger partial charge in [-0.05, 0) is 25.0 Å². The van der Waals surface area contributed by atoms with Gasteiger partial charge in [-0.25, -0.2) is 9.50 Å². The quantitative estimate of drug-likeness (QED) is 0.915. The van der Waals surface area contributed by atoms with Crippen LogP contribution in [0, 0.1) is 0 Å². The number of aryl methyl sites for hydroxylation is 1. The van der Waals surface area contributed by atoms with Crippen LogP contribution in [0.5, 0.6) is 0 Å². The summed E-state index contributed by atoms with van der Waals surface area (Å²) < 4.78 is 1.78. The van der Waals surface area contributed by atoms with Crippen LogP contribution in [0.3, 0.4) is 0 Å². The minimum atomic E-state index is -0.795. The molecule has 2 heterocycles. The van der Waals surface area contributed by atoms with Gasteiger partial charge in [-0.1, -0.05) is 12.8 Å². The van der Waals surface area contributed by atoms with Crippen LogP contribution >= 0.6 is 0 Å². The zero-order valence-corrected chi connectivity index (χ0v) is 10.7. The second kappa shape index (κ2) is 4.99. The molecule has 5 heteroatoms. The summed E-state index contributed by atoms with van der Waals surface area (Å²) in [5.74, 6) is -0.217. The summed E-state index contributed by atoms with van der Waals surface area (Å²) >= 11 is 0. The highest BCUT2D eigenvalue weighted by molar-refractivity contribution is 5.67. The number of carboxylic acid groups (broad SMARTS) is 1. The number of carboxylic acids is 1. The highest BCUT2D eigenvalue weighted by atomic mass is 16.4. The molecule has 0 amide bonds. The average Bonchev–Trinajstić information content (AvgIpc) is 3.04. The number of nitrogens with zero attached hydrogens (tertiary/aromatic N) is 3. The third-order valence-corrected chi connectivity index (χ3v) is 3.76. The van der Waals surface area contributed by atoms with Crippen molar-refractivity contribution in [3.05, 3.63) is 29.7 Å². The Hall–Kier alpha value is -1.91. The number of carbonyl (C=O) groups is 1. The molecule has 0 aromatic carbocycles.